The first kappa shape index (κ1) is 22.2. The number of carbonyl (C=O) groups is 2. The normalized spacial score (nSPS) is 10.7. The summed E-state index contributed by atoms with van der Waals surface area (Å²) in [7, 11) is 1.78. The number of thioether (sulfide) groups is 1. The van der Waals surface area contributed by atoms with Gasteiger partial charge in [0.05, 0.1) is 5.75 Å². The molecule has 8 nitrogen and oxygen atoms in total. The zero-order valence-corrected chi connectivity index (χ0v) is 17.2. The van der Waals surface area contributed by atoms with E-state index in [4.69, 9.17) is 0 Å². The van der Waals surface area contributed by atoms with Gasteiger partial charge in [0, 0.05) is 24.8 Å². The first-order valence-electron chi connectivity index (χ1n) is 9.09. The number of rotatable bonds is 9. The first-order valence-corrected chi connectivity index (χ1v) is 10.1. The fourth-order valence-electron chi connectivity index (χ4n) is 2.58. The van der Waals surface area contributed by atoms with Gasteiger partial charge in [-0.05, 0) is 35.9 Å². The largest absolute Gasteiger partial charge is 0.435 e. The lowest BCUT2D eigenvalue weighted by atomic mass is 10.1. The maximum absolute atomic E-state index is 12.4. The predicted octanol–water partition coefficient (Wildman–Crippen LogP) is 3.08. The Labute approximate surface area is 181 Å². The molecule has 0 saturated heterocycles. The van der Waals surface area contributed by atoms with Gasteiger partial charge in [0.2, 0.25) is 5.91 Å². The van der Waals surface area contributed by atoms with Crippen LogP contribution in [-0.2, 0) is 18.4 Å². The molecule has 0 spiro atoms. The van der Waals surface area contributed by atoms with Gasteiger partial charge in [-0.1, -0.05) is 30.0 Å². The average molecular weight is 447 g/mol. The standard InChI is InChI=1S/C20H19F2N5O3S/c1-27-12-24-26-20(27)31-11-17(28)25-15-6-3-5-14(9-15)18(29)23-10-13-4-2-7-16(8-13)30-19(21)22/h2-9,12,19H,10-11H2,1H3,(H,23,29)(H,25,28). The molecule has 0 fully saturated rings. The molecule has 3 aromatic rings. The third-order valence-electron chi connectivity index (χ3n) is 3.99. The van der Waals surface area contributed by atoms with Crippen molar-refractivity contribution >= 4 is 29.3 Å². The molecule has 0 saturated carbocycles. The summed E-state index contributed by atoms with van der Waals surface area (Å²) in [4.78, 5) is 24.6. The SMILES string of the molecule is Cn1cnnc1SCC(=O)Nc1cccc(C(=O)NCc2cccc(OC(F)F)c2)c1. The third kappa shape index (κ3) is 6.78. The van der Waals surface area contributed by atoms with Crippen LogP contribution in [0.1, 0.15) is 15.9 Å². The smallest absolute Gasteiger partial charge is 0.387 e. The van der Waals surface area contributed by atoms with Crippen molar-refractivity contribution in [3.05, 3.63) is 66.0 Å². The molecule has 1 heterocycles. The van der Waals surface area contributed by atoms with E-state index in [0.29, 0.717) is 22.0 Å². The second kappa shape index (κ2) is 10.5. The maximum Gasteiger partial charge on any atom is 0.387 e. The van der Waals surface area contributed by atoms with Gasteiger partial charge in [0.25, 0.3) is 5.91 Å². The number of nitrogens with one attached hydrogen (secondary N) is 2. The van der Waals surface area contributed by atoms with E-state index in [1.165, 1.54) is 23.9 Å². The molecule has 162 valence electrons. The Morgan fingerprint density at radius 1 is 1.19 bits per heavy atom. The molecule has 2 N–H and O–H groups in total. The number of carbonyl (C=O) groups excluding carboxylic acids is 2. The summed E-state index contributed by atoms with van der Waals surface area (Å²) in [5.41, 5.74) is 1.43. The molecule has 11 heteroatoms. The summed E-state index contributed by atoms with van der Waals surface area (Å²) >= 11 is 1.24. The van der Waals surface area contributed by atoms with Crippen LogP contribution in [0.25, 0.3) is 0 Å². The zero-order chi connectivity index (χ0) is 22.2. The minimum Gasteiger partial charge on any atom is -0.435 e. The molecule has 0 aliphatic rings. The molecule has 0 aliphatic heterocycles. The minimum atomic E-state index is -2.92. The van der Waals surface area contributed by atoms with Crippen molar-refractivity contribution in [3.8, 4) is 5.75 Å². The van der Waals surface area contributed by atoms with E-state index in [0.717, 1.165) is 0 Å². The monoisotopic (exact) mass is 447 g/mol. The summed E-state index contributed by atoms with van der Waals surface area (Å²) < 4.78 is 30.7. The van der Waals surface area contributed by atoms with E-state index in [1.54, 1.807) is 54.3 Å². The number of alkyl halides is 2. The van der Waals surface area contributed by atoms with Crippen LogP contribution in [0.15, 0.2) is 60.0 Å². The van der Waals surface area contributed by atoms with Crippen LogP contribution >= 0.6 is 11.8 Å². The second-order valence-electron chi connectivity index (χ2n) is 6.35. The maximum atomic E-state index is 12.4. The van der Waals surface area contributed by atoms with E-state index in [2.05, 4.69) is 25.6 Å². The van der Waals surface area contributed by atoms with Crippen LogP contribution in [-0.4, -0.2) is 38.9 Å². The molecule has 31 heavy (non-hydrogen) atoms. The second-order valence-corrected chi connectivity index (χ2v) is 7.29. The number of amides is 2. The Bertz CT molecular complexity index is 1060. The van der Waals surface area contributed by atoms with E-state index in [9.17, 15) is 18.4 Å². The van der Waals surface area contributed by atoms with E-state index >= 15 is 0 Å². The first-order chi connectivity index (χ1) is 14.9. The fourth-order valence-corrected chi connectivity index (χ4v) is 3.27. The Balaban J connectivity index is 1.53. The lowest BCUT2D eigenvalue weighted by Gasteiger charge is -2.10. The molecule has 3 rings (SSSR count). The summed E-state index contributed by atoms with van der Waals surface area (Å²) in [6, 6.07) is 12.6. The van der Waals surface area contributed by atoms with E-state index in [-0.39, 0.29) is 29.9 Å². The summed E-state index contributed by atoms with van der Waals surface area (Å²) in [5, 5.41) is 13.7. The molecule has 2 amide bonds. The zero-order valence-electron chi connectivity index (χ0n) is 16.4. The number of anilines is 1. The van der Waals surface area contributed by atoms with Crippen LogP contribution < -0.4 is 15.4 Å². The number of aromatic nitrogens is 3. The number of nitrogens with zero attached hydrogens (tertiary/aromatic N) is 3. The molecule has 2 aromatic carbocycles. The van der Waals surface area contributed by atoms with Crippen molar-refractivity contribution in [1.29, 1.82) is 0 Å². The van der Waals surface area contributed by atoms with E-state index < -0.39 is 6.61 Å². The number of hydrogen-bond donors (Lipinski definition) is 2. The summed E-state index contributed by atoms with van der Waals surface area (Å²) in [6.45, 7) is -2.79. The van der Waals surface area contributed by atoms with Crippen molar-refractivity contribution < 1.29 is 23.1 Å². The Morgan fingerprint density at radius 3 is 2.74 bits per heavy atom. The van der Waals surface area contributed by atoms with Crippen LogP contribution in [0, 0.1) is 0 Å². The number of hydrogen-bond acceptors (Lipinski definition) is 6. The van der Waals surface area contributed by atoms with Crippen molar-refractivity contribution in [2.45, 2.75) is 18.3 Å². The molecule has 0 radical (unpaired) electrons. The van der Waals surface area contributed by atoms with Gasteiger partial charge in [-0.2, -0.15) is 8.78 Å². The Morgan fingerprint density at radius 2 is 2.00 bits per heavy atom. The van der Waals surface area contributed by atoms with E-state index in [1.807, 2.05) is 0 Å². The van der Waals surface area contributed by atoms with Gasteiger partial charge in [0.1, 0.15) is 12.1 Å². The topological polar surface area (TPSA) is 98.1 Å². The highest BCUT2D eigenvalue weighted by atomic mass is 32.2. The highest BCUT2D eigenvalue weighted by molar-refractivity contribution is 7.99. The number of ether oxygens (including phenoxy) is 1. The Hall–Kier alpha value is -3.47. The number of benzene rings is 2. The van der Waals surface area contributed by atoms with Gasteiger partial charge in [-0.3, -0.25) is 9.59 Å². The molecule has 0 aliphatic carbocycles. The summed E-state index contributed by atoms with van der Waals surface area (Å²) in [5.74, 6) is -0.461. The van der Waals surface area contributed by atoms with Crippen molar-refractivity contribution in [2.24, 2.45) is 7.05 Å². The third-order valence-corrected chi connectivity index (χ3v) is 5.02. The average Bonchev–Trinajstić information content (AvgIpc) is 3.15. The van der Waals surface area contributed by atoms with Crippen molar-refractivity contribution in [1.82, 2.24) is 20.1 Å². The molecular weight excluding hydrogens is 428 g/mol. The van der Waals surface area contributed by atoms with Crippen molar-refractivity contribution in [3.63, 3.8) is 0 Å². The van der Waals surface area contributed by atoms with Crippen LogP contribution in [0.2, 0.25) is 0 Å². The lowest BCUT2D eigenvalue weighted by molar-refractivity contribution is -0.113. The minimum absolute atomic E-state index is 0.0191. The van der Waals surface area contributed by atoms with Gasteiger partial charge < -0.3 is 19.9 Å². The van der Waals surface area contributed by atoms with Gasteiger partial charge >= 0.3 is 6.61 Å². The van der Waals surface area contributed by atoms with Crippen molar-refractivity contribution in [2.75, 3.05) is 11.1 Å². The highest BCUT2D eigenvalue weighted by Crippen LogP contribution is 2.17. The van der Waals surface area contributed by atoms with Gasteiger partial charge in [-0.25, -0.2) is 0 Å². The fraction of sp³-hybridized carbons (Fsp3) is 0.200. The number of aryl methyl sites for hydroxylation is 1. The highest BCUT2D eigenvalue weighted by Gasteiger charge is 2.11. The molecule has 1 aromatic heterocycles. The lowest BCUT2D eigenvalue weighted by Crippen LogP contribution is -2.23. The number of halogens is 2. The van der Waals surface area contributed by atoms with Crippen LogP contribution in [0.4, 0.5) is 14.5 Å². The molecule has 0 atom stereocenters. The molecule has 0 bridgehead atoms. The van der Waals surface area contributed by atoms with Crippen LogP contribution in [0.3, 0.4) is 0 Å². The van der Waals surface area contributed by atoms with Gasteiger partial charge in [0.15, 0.2) is 5.16 Å². The predicted molar refractivity (Wildman–Crippen MR) is 111 cm³/mol. The quantitative estimate of drug-likeness (QED) is 0.489. The molecular formula is C20H19F2N5O3S. The van der Waals surface area contributed by atoms with Crippen LogP contribution in [0.5, 0.6) is 5.75 Å². The molecule has 0 unspecified atom stereocenters. The Kier molecular flexibility index (Phi) is 7.55. The summed E-state index contributed by atoms with van der Waals surface area (Å²) in [6.07, 6.45) is 1.55. The van der Waals surface area contributed by atoms with Gasteiger partial charge in [-0.15, -0.1) is 10.2 Å².